The van der Waals surface area contributed by atoms with E-state index < -0.39 is 0 Å². The van der Waals surface area contributed by atoms with Gasteiger partial charge in [-0.1, -0.05) is 19.8 Å². The van der Waals surface area contributed by atoms with Gasteiger partial charge in [-0.2, -0.15) is 4.98 Å². The average molecular weight is 234 g/mol. The first-order valence-corrected chi connectivity index (χ1v) is 5.93. The predicted octanol–water partition coefficient (Wildman–Crippen LogP) is 2.21. The second-order valence-electron chi connectivity index (χ2n) is 4.03. The topological polar surface area (TPSA) is 66.0 Å². The van der Waals surface area contributed by atoms with Crippen molar-refractivity contribution in [2.75, 3.05) is 12.8 Å². The number of ether oxygens (including phenoxy) is 1. The van der Waals surface area contributed by atoms with Gasteiger partial charge in [-0.25, -0.2) is 4.98 Å². The van der Waals surface area contributed by atoms with E-state index in [-0.39, 0.29) is 0 Å². The van der Waals surface area contributed by atoms with Gasteiger partial charge < -0.3 is 10.5 Å². The maximum absolute atomic E-state index is 5.90. The summed E-state index contributed by atoms with van der Waals surface area (Å²) in [6.45, 7) is 3.03. The van der Waals surface area contributed by atoms with E-state index in [0.29, 0.717) is 11.8 Å². The highest BCUT2D eigenvalue weighted by molar-refractivity contribution is 5.74. The van der Waals surface area contributed by atoms with Gasteiger partial charge in [-0.15, -0.1) is 0 Å². The third-order valence-electron chi connectivity index (χ3n) is 2.79. The largest absolute Gasteiger partial charge is 0.481 e. The Kier molecular flexibility index (Phi) is 3.46. The van der Waals surface area contributed by atoms with E-state index in [1.54, 1.807) is 13.2 Å². The molecule has 2 aromatic heterocycles. The Hall–Kier alpha value is -1.78. The number of anilines is 1. The Labute approximate surface area is 101 Å². The van der Waals surface area contributed by atoms with Gasteiger partial charge in [0.1, 0.15) is 5.52 Å². The molecule has 0 aliphatic heterocycles. The zero-order valence-electron chi connectivity index (χ0n) is 10.3. The van der Waals surface area contributed by atoms with Crippen LogP contribution in [0.5, 0.6) is 5.88 Å². The van der Waals surface area contributed by atoms with Gasteiger partial charge >= 0.3 is 0 Å². The summed E-state index contributed by atoms with van der Waals surface area (Å²) in [7, 11) is 1.61. The fourth-order valence-electron chi connectivity index (χ4n) is 1.86. The zero-order valence-corrected chi connectivity index (χ0v) is 10.3. The molecule has 17 heavy (non-hydrogen) atoms. The van der Waals surface area contributed by atoms with Crippen LogP contribution in [0.25, 0.3) is 11.2 Å². The molecule has 0 aliphatic carbocycles. The van der Waals surface area contributed by atoms with E-state index in [9.17, 15) is 0 Å². The molecule has 2 heterocycles. The first kappa shape index (κ1) is 11.7. The molecule has 0 bridgehead atoms. The van der Waals surface area contributed by atoms with Crippen LogP contribution in [0.15, 0.2) is 12.1 Å². The molecule has 5 nitrogen and oxygen atoms in total. The van der Waals surface area contributed by atoms with Crippen LogP contribution in [0.2, 0.25) is 0 Å². The number of unbranched alkanes of at least 4 members (excludes halogenated alkanes) is 2. The van der Waals surface area contributed by atoms with Gasteiger partial charge in [0.2, 0.25) is 11.8 Å². The molecule has 0 saturated heterocycles. The number of nitrogens with two attached hydrogens (primary N) is 1. The third kappa shape index (κ3) is 2.33. The number of hydrogen-bond acceptors (Lipinski definition) is 4. The SMILES string of the molecule is CCCCCn1c(N)nc2ccc(OC)nc21. The van der Waals surface area contributed by atoms with Crippen molar-refractivity contribution in [1.29, 1.82) is 0 Å². The summed E-state index contributed by atoms with van der Waals surface area (Å²) in [4.78, 5) is 8.68. The minimum atomic E-state index is 0.525. The number of aryl methyl sites for hydroxylation is 1. The Morgan fingerprint density at radius 1 is 1.29 bits per heavy atom. The summed E-state index contributed by atoms with van der Waals surface area (Å²) >= 11 is 0. The van der Waals surface area contributed by atoms with Crippen molar-refractivity contribution in [3.8, 4) is 5.88 Å². The number of pyridine rings is 1. The predicted molar refractivity (Wildman–Crippen MR) is 68.0 cm³/mol. The third-order valence-corrected chi connectivity index (χ3v) is 2.79. The van der Waals surface area contributed by atoms with E-state index in [1.165, 1.54) is 12.8 Å². The van der Waals surface area contributed by atoms with Crippen molar-refractivity contribution >= 4 is 17.1 Å². The van der Waals surface area contributed by atoms with Gasteiger partial charge in [0, 0.05) is 12.6 Å². The van der Waals surface area contributed by atoms with E-state index in [0.717, 1.165) is 24.1 Å². The Morgan fingerprint density at radius 2 is 2.12 bits per heavy atom. The average Bonchev–Trinajstić information content (AvgIpc) is 2.65. The number of imidazole rings is 1. The summed E-state index contributed by atoms with van der Waals surface area (Å²) in [5.41, 5.74) is 7.52. The standard InChI is InChI=1S/C12H18N4O/c1-3-4-5-8-16-11-9(14-12(16)13)6-7-10(15-11)17-2/h6-7H,3-5,8H2,1-2H3,(H2,13,14). The van der Waals surface area contributed by atoms with Crippen LogP contribution < -0.4 is 10.5 Å². The van der Waals surface area contributed by atoms with Crippen LogP contribution in [0.3, 0.4) is 0 Å². The van der Waals surface area contributed by atoms with E-state index in [4.69, 9.17) is 10.5 Å². The molecule has 2 aromatic rings. The number of methoxy groups -OCH3 is 1. The quantitative estimate of drug-likeness (QED) is 0.805. The fourth-order valence-corrected chi connectivity index (χ4v) is 1.86. The summed E-state index contributed by atoms with van der Waals surface area (Å²) in [5, 5.41) is 0. The molecule has 0 atom stereocenters. The van der Waals surface area contributed by atoms with Crippen LogP contribution in [-0.2, 0) is 6.54 Å². The molecule has 0 unspecified atom stereocenters. The van der Waals surface area contributed by atoms with Crippen molar-refractivity contribution in [2.45, 2.75) is 32.7 Å². The zero-order chi connectivity index (χ0) is 12.3. The normalized spacial score (nSPS) is 10.9. The highest BCUT2D eigenvalue weighted by atomic mass is 16.5. The number of hydrogen-bond donors (Lipinski definition) is 1. The fraction of sp³-hybridized carbons (Fsp3) is 0.500. The molecule has 5 heteroatoms. The van der Waals surface area contributed by atoms with Crippen molar-refractivity contribution < 1.29 is 4.74 Å². The number of rotatable bonds is 5. The van der Waals surface area contributed by atoms with Gasteiger partial charge in [-0.3, -0.25) is 4.57 Å². The Balaban J connectivity index is 2.34. The molecule has 92 valence electrons. The van der Waals surface area contributed by atoms with Crippen molar-refractivity contribution in [1.82, 2.24) is 14.5 Å². The van der Waals surface area contributed by atoms with Gasteiger partial charge in [-0.05, 0) is 12.5 Å². The highest BCUT2D eigenvalue weighted by Crippen LogP contribution is 2.19. The molecule has 0 aromatic carbocycles. The lowest BCUT2D eigenvalue weighted by Crippen LogP contribution is -2.04. The number of fused-ring (bicyclic) bond motifs is 1. The van der Waals surface area contributed by atoms with Crippen molar-refractivity contribution in [3.05, 3.63) is 12.1 Å². The highest BCUT2D eigenvalue weighted by Gasteiger charge is 2.09. The second kappa shape index (κ2) is 5.03. The lowest BCUT2D eigenvalue weighted by atomic mass is 10.2. The van der Waals surface area contributed by atoms with Crippen LogP contribution in [0, 0.1) is 0 Å². The van der Waals surface area contributed by atoms with Crippen LogP contribution in [0.4, 0.5) is 5.95 Å². The summed E-state index contributed by atoms with van der Waals surface area (Å²) in [6.07, 6.45) is 3.46. The summed E-state index contributed by atoms with van der Waals surface area (Å²) in [6, 6.07) is 3.68. The lowest BCUT2D eigenvalue weighted by molar-refractivity contribution is 0.399. The van der Waals surface area contributed by atoms with E-state index >= 15 is 0 Å². The van der Waals surface area contributed by atoms with Crippen molar-refractivity contribution in [3.63, 3.8) is 0 Å². The van der Waals surface area contributed by atoms with E-state index in [2.05, 4.69) is 16.9 Å². The van der Waals surface area contributed by atoms with Crippen LogP contribution in [0.1, 0.15) is 26.2 Å². The Bertz CT molecular complexity index is 506. The summed E-state index contributed by atoms with van der Waals surface area (Å²) in [5.74, 6) is 1.12. The number of nitrogens with zero attached hydrogens (tertiary/aromatic N) is 3. The molecule has 0 radical (unpaired) electrons. The molecule has 0 amide bonds. The van der Waals surface area contributed by atoms with Crippen molar-refractivity contribution in [2.24, 2.45) is 0 Å². The minimum Gasteiger partial charge on any atom is -0.481 e. The smallest absolute Gasteiger partial charge is 0.215 e. The summed E-state index contributed by atoms with van der Waals surface area (Å²) < 4.78 is 7.07. The number of nitrogen functional groups attached to an aromatic ring is 1. The molecular formula is C12H18N4O. The number of aromatic nitrogens is 3. The molecule has 0 fully saturated rings. The second-order valence-corrected chi connectivity index (χ2v) is 4.03. The molecule has 0 spiro atoms. The first-order chi connectivity index (χ1) is 8.26. The molecule has 0 saturated carbocycles. The van der Waals surface area contributed by atoms with Crippen LogP contribution in [-0.4, -0.2) is 21.6 Å². The maximum atomic E-state index is 5.90. The van der Waals surface area contributed by atoms with Gasteiger partial charge in [0.05, 0.1) is 7.11 Å². The molecule has 2 rings (SSSR count). The molecule has 2 N–H and O–H groups in total. The van der Waals surface area contributed by atoms with Gasteiger partial charge in [0.15, 0.2) is 5.65 Å². The maximum Gasteiger partial charge on any atom is 0.215 e. The monoisotopic (exact) mass is 234 g/mol. The lowest BCUT2D eigenvalue weighted by Gasteiger charge is -2.05. The van der Waals surface area contributed by atoms with E-state index in [1.807, 2.05) is 10.6 Å². The van der Waals surface area contributed by atoms with Crippen LogP contribution >= 0.6 is 0 Å². The van der Waals surface area contributed by atoms with Gasteiger partial charge in [0.25, 0.3) is 0 Å². The first-order valence-electron chi connectivity index (χ1n) is 5.93. The molecular weight excluding hydrogens is 216 g/mol. The molecule has 0 aliphatic rings. The minimum absolute atomic E-state index is 0.525. The Morgan fingerprint density at radius 3 is 2.82 bits per heavy atom.